The Balaban J connectivity index is 2.67. The lowest BCUT2D eigenvalue weighted by Crippen LogP contribution is -2.56. The molecule has 0 saturated carbocycles. The number of rotatable bonds is 2. The van der Waals surface area contributed by atoms with Crippen LogP contribution in [0.4, 0.5) is 0 Å². The van der Waals surface area contributed by atoms with Gasteiger partial charge in [0.1, 0.15) is 6.04 Å². The molecule has 1 saturated heterocycles. The van der Waals surface area contributed by atoms with Gasteiger partial charge in [-0.2, -0.15) is 0 Å². The summed E-state index contributed by atoms with van der Waals surface area (Å²) in [6.07, 6.45) is 0. The maximum absolute atomic E-state index is 11.2. The Hall–Kier alpha value is -1.14. The minimum Gasteiger partial charge on any atom is -0.377 e. The summed E-state index contributed by atoms with van der Waals surface area (Å²) in [6.45, 7) is 0.865. The lowest BCUT2D eigenvalue weighted by Gasteiger charge is -2.33. The fraction of sp³-hybridized carbons (Fsp3) is 0.714. The molecule has 1 atom stereocenters. The average Bonchev–Trinajstić information content (AvgIpc) is 2.16. The first-order valence-corrected chi connectivity index (χ1v) is 4.03. The number of carbonyl (C=O) groups excluding carboxylic acids is 2. The topological polar surface area (TPSA) is 98.7 Å². The van der Waals surface area contributed by atoms with Crippen LogP contribution in [0, 0.1) is 0 Å². The molecule has 4 N–H and O–H groups in total. The van der Waals surface area contributed by atoms with E-state index in [2.05, 4.69) is 0 Å². The standard InChI is InChI=1S/C7H13N3O3/c8-3-6(11)10-1-2-13-4-5(10)7(9)12/h5H,1-4,8H2,(H2,9,12). The van der Waals surface area contributed by atoms with Gasteiger partial charge in [0.25, 0.3) is 0 Å². The van der Waals surface area contributed by atoms with Gasteiger partial charge in [0.05, 0.1) is 19.8 Å². The van der Waals surface area contributed by atoms with E-state index in [1.165, 1.54) is 4.90 Å². The first-order valence-electron chi connectivity index (χ1n) is 4.03. The van der Waals surface area contributed by atoms with Gasteiger partial charge in [0, 0.05) is 6.54 Å². The highest BCUT2D eigenvalue weighted by atomic mass is 16.5. The Labute approximate surface area is 75.8 Å². The van der Waals surface area contributed by atoms with E-state index in [1.54, 1.807) is 0 Å². The van der Waals surface area contributed by atoms with Crippen molar-refractivity contribution in [3.63, 3.8) is 0 Å². The molecule has 13 heavy (non-hydrogen) atoms. The lowest BCUT2D eigenvalue weighted by molar-refractivity contribution is -0.146. The minimum absolute atomic E-state index is 0.107. The van der Waals surface area contributed by atoms with Crippen molar-refractivity contribution < 1.29 is 14.3 Å². The molecule has 1 heterocycles. The van der Waals surface area contributed by atoms with Crippen LogP contribution < -0.4 is 11.5 Å². The molecule has 2 amide bonds. The van der Waals surface area contributed by atoms with Crippen molar-refractivity contribution >= 4 is 11.8 Å². The largest absolute Gasteiger partial charge is 0.377 e. The third kappa shape index (κ3) is 2.16. The zero-order valence-electron chi connectivity index (χ0n) is 7.23. The van der Waals surface area contributed by atoms with Gasteiger partial charge in [0.15, 0.2) is 0 Å². The average molecular weight is 187 g/mol. The van der Waals surface area contributed by atoms with E-state index >= 15 is 0 Å². The molecule has 0 aromatic heterocycles. The number of ether oxygens (including phenoxy) is 1. The normalized spacial score (nSPS) is 22.8. The molecule has 1 unspecified atom stereocenters. The van der Waals surface area contributed by atoms with Crippen LogP contribution in [-0.2, 0) is 14.3 Å². The van der Waals surface area contributed by atoms with Crippen molar-refractivity contribution in [2.24, 2.45) is 11.5 Å². The summed E-state index contributed by atoms with van der Waals surface area (Å²) in [4.78, 5) is 23.5. The van der Waals surface area contributed by atoms with E-state index in [1.807, 2.05) is 0 Å². The number of primary amides is 1. The molecular formula is C7H13N3O3. The van der Waals surface area contributed by atoms with Gasteiger partial charge in [-0.05, 0) is 0 Å². The van der Waals surface area contributed by atoms with Crippen LogP contribution in [0.5, 0.6) is 0 Å². The minimum atomic E-state index is -0.662. The van der Waals surface area contributed by atoms with Crippen LogP contribution in [0.1, 0.15) is 0 Å². The summed E-state index contributed by atoms with van der Waals surface area (Å²) in [5.41, 5.74) is 10.3. The van der Waals surface area contributed by atoms with Crippen molar-refractivity contribution in [2.45, 2.75) is 6.04 Å². The van der Waals surface area contributed by atoms with Gasteiger partial charge in [-0.3, -0.25) is 9.59 Å². The second-order valence-electron chi connectivity index (χ2n) is 2.78. The summed E-state index contributed by atoms with van der Waals surface area (Å²) in [5, 5.41) is 0. The van der Waals surface area contributed by atoms with Crippen LogP contribution in [0.15, 0.2) is 0 Å². The summed E-state index contributed by atoms with van der Waals surface area (Å²) >= 11 is 0. The van der Waals surface area contributed by atoms with Crippen LogP contribution in [0.2, 0.25) is 0 Å². The number of hydrogen-bond donors (Lipinski definition) is 2. The fourth-order valence-corrected chi connectivity index (χ4v) is 1.26. The van der Waals surface area contributed by atoms with E-state index in [0.29, 0.717) is 13.2 Å². The van der Waals surface area contributed by atoms with Crippen LogP contribution in [-0.4, -0.2) is 49.1 Å². The molecule has 0 spiro atoms. The molecule has 0 aliphatic carbocycles. The summed E-state index contributed by atoms with van der Waals surface area (Å²) in [5.74, 6) is -0.825. The van der Waals surface area contributed by atoms with Gasteiger partial charge >= 0.3 is 0 Å². The molecule has 1 fully saturated rings. The Bertz CT molecular complexity index is 219. The Morgan fingerprint density at radius 3 is 2.77 bits per heavy atom. The van der Waals surface area contributed by atoms with E-state index < -0.39 is 11.9 Å². The van der Waals surface area contributed by atoms with E-state index in [9.17, 15) is 9.59 Å². The second-order valence-corrected chi connectivity index (χ2v) is 2.78. The highest BCUT2D eigenvalue weighted by Crippen LogP contribution is 2.05. The lowest BCUT2D eigenvalue weighted by atomic mass is 10.2. The van der Waals surface area contributed by atoms with Crippen molar-refractivity contribution in [1.29, 1.82) is 0 Å². The van der Waals surface area contributed by atoms with Crippen molar-refractivity contribution in [1.82, 2.24) is 4.90 Å². The summed E-state index contributed by atoms with van der Waals surface area (Å²) in [6, 6.07) is -0.662. The van der Waals surface area contributed by atoms with E-state index in [4.69, 9.17) is 16.2 Å². The zero-order valence-corrected chi connectivity index (χ0v) is 7.23. The van der Waals surface area contributed by atoms with Crippen molar-refractivity contribution in [2.75, 3.05) is 26.3 Å². The molecule has 6 nitrogen and oxygen atoms in total. The Morgan fingerprint density at radius 2 is 2.23 bits per heavy atom. The van der Waals surface area contributed by atoms with E-state index in [-0.39, 0.29) is 19.1 Å². The highest BCUT2D eigenvalue weighted by molar-refractivity contribution is 5.87. The van der Waals surface area contributed by atoms with Crippen molar-refractivity contribution in [3.8, 4) is 0 Å². The maximum Gasteiger partial charge on any atom is 0.242 e. The maximum atomic E-state index is 11.2. The molecular weight excluding hydrogens is 174 g/mol. The molecule has 0 aromatic rings. The second kappa shape index (κ2) is 4.20. The Morgan fingerprint density at radius 1 is 1.54 bits per heavy atom. The highest BCUT2D eigenvalue weighted by Gasteiger charge is 2.30. The molecule has 0 bridgehead atoms. The number of carbonyl (C=O) groups is 2. The summed E-state index contributed by atoms with van der Waals surface area (Å²) < 4.78 is 5.03. The monoisotopic (exact) mass is 187 g/mol. The molecule has 0 radical (unpaired) electrons. The zero-order chi connectivity index (χ0) is 9.84. The van der Waals surface area contributed by atoms with Crippen molar-refractivity contribution in [3.05, 3.63) is 0 Å². The Kier molecular flexibility index (Phi) is 3.21. The molecule has 0 aromatic carbocycles. The van der Waals surface area contributed by atoms with Gasteiger partial charge in [-0.15, -0.1) is 0 Å². The smallest absolute Gasteiger partial charge is 0.242 e. The van der Waals surface area contributed by atoms with Gasteiger partial charge in [-0.1, -0.05) is 0 Å². The number of morpholine rings is 1. The van der Waals surface area contributed by atoms with E-state index in [0.717, 1.165) is 0 Å². The van der Waals surface area contributed by atoms with Crippen LogP contribution in [0.3, 0.4) is 0 Å². The predicted molar refractivity (Wildman–Crippen MR) is 44.6 cm³/mol. The van der Waals surface area contributed by atoms with Crippen LogP contribution >= 0.6 is 0 Å². The van der Waals surface area contributed by atoms with Gasteiger partial charge < -0.3 is 21.1 Å². The molecule has 6 heteroatoms. The first kappa shape index (κ1) is 9.94. The molecule has 1 aliphatic rings. The molecule has 74 valence electrons. The number of nitrogens with zero attached hydrogens (tertiary/aromatic N) is 1. The molecule has 1 rings (SSSR count). The number of nitrogens with two attached hydrogens (primary N) is 2. The predicted octanol–water partition coefficient (Wildman–Crippen LogP) is -2.34. The molecule has 1 aliphatic heterocycles. The summed E-state index contributed by atoms with van der Waals surface area (Å²) in [7, 11) is 0. The number of amides is 2. The van der Waals surface area contributed by atoms with Gasteiger partial charge in [-0.25, -0.2) is 0 Å². The first-order chi connectivity index (χ1) is 6.16. The quantitative estimate of drug-likeness (QED) is 0.506. The fourth-order valence-electron chi connectivity index (χ4n) is 1.26. The number of hydrogen-bond acceptors (Lipinski definition) is 4. The SMILES string of the molecule is NCC(=O)N1CCOCC1C(N)=O. The third-order valence-corrected chi connectivity index (χ3v) is 1.95. The van der Waals surface area contributed by atoms with Crippen LogP contribution in [0.25, 0.3) is 0 Å². The van der Waals surface area contributed by atoms with Gasteiger partial charge in [0.2, 0.25) is 11.8 Å². The third-order valence-electron chi connectivity index (χ3n) is 1.95.